The summed E-state index contributed by atoms with van der Waals surface area (Å²) in [6, 6.07) is 82.4. The van der Waals surface area contributed by atoms with E-state index in [1.54, 1.807) is 48.5 Å². The normalized spacial score (nSPS) is 13.5. The van der Waals surface area contributed by atoms with Crippen LogP contribution >= 0.6 is 0 Å². The van der Waals surface area contributed by atoms with Crippen LogP contribution in [0.2, 0.25) is 0 Å². The second-order valence-electron chi connectivity index (χ2n) is 30.3. The van der Waals surface area contributed by atoms with E-state index in [1.807, 2.05) is 0 Å². The number of rotatable bonds is 24. The lowest BCUT2D eigenvalue weighted by Gasteiger charge is -2.30. The fourth-order valence-corrected chi connectivity index (χ4v) is 15.4. The molecular weight excluding hydrogens is 1750 g/mol. The summed E-state index contributed by atoms with van der Waals surface area (Å²) in [6.07, 6.45) is 0. The molecular formula is C104H64N8O24. The van der Waals surface area contributed by atoms with E-state index in [0.29, 0.717) is 0 Å². The maximum atomic E-state index is 15.6. The van der Waals surface area contributed by atoms with Gasteiger partial charge in [-0.3, -0.25) is 40.5 Å². The number of aromatic nitrogens is 4. The number of nitro groups is 4. The summed E-state index contributed by atoms with van der Waals surface area (Å²) < 4.78 is 53.1. The lowest BCUT2D eigenvalue weighted by molar-refractivity contribution is -0.385. The van der Waals surface area contributed by atoms with Gasteiger partial charge < -0.3 is 37.9 Å². The minimum Gasteiger partial charge on any atom is -0.403 e. The number of carbonyl (C=O) groups is 8. The quantitative estimate of drug-likeness (QED) is 0.0308. The monoisotopic (exact) mass is 1810 g/mol. The van der Waals surface area contributed by atoms with Gasteiger partial charge in [-0.25, -0.2) is 38.4 Å². The maximum Gasteiger partial charge on any atom is 0.344 e. The predicted molar refractivity (Wildman–Crippen MR) is 484 cm³/mol. The average molecular weight is 1810 g/mol. The van der Waals surface area contributed by atoms with Gasteiger partial charge in [-0.15, -0.1) is 0 Å². The zero-order chi connectivity index (χ0) is 94.6. The van der Waals surface area contributed by atoms with Crippen molar-refractivity contribution in [1.29, 1.82) is 0 Å². The van der Waals surface area contributed by atoms with Gasteiger partial charge in [0.2, 0.25) is 47.0 Å². The molecule has 664 valence electrons. The maximum absolute atomic E-state index is 15.6. The number of carbonyl (C=O) groups excluding carboxylic acids is 8. The molecule has 1 aliphatic carbocycles. The highest BCUT2D eigenvalue weighted by molar-refractivity contribution is 5.96. The van der Waals surface area contributed by atoms with Crippen LogP contribution in [0.4, 0.5) is 22.7 Å². The molecule has 0 atom stereocenters. The molecule has 32 nitrogen and oxygen atoms in total. The molecule has 1 aliphatic rings. The van der Waals surface area contributed by atoms with E-state index in [2.05, 4.69) is 0 Å². The summed E-state index contributed by atoms with van der Waals surface area (Å²) in [7, 11) is 0. The molecule has 0 radical (unpaired) electrons. The highest BCUT2D eigenvalue weighted by Crippen LogP contribution is 2.54. The van der Waals surface area contributed by atoms with E-state index in [9.17, 15) is 40.5 Å². The minimum absolute atomic E-state index is 0.119. The Morgan fingerprint density at radius 3 is 0.412 bits per heavy atom. The third kappa shape index (κ3) is 19.3. The van der Waals surface area contributed by atoms with E-state index in [0.717, 1.165) is 48.5 Å². The van der Waals surface area contributed by atoms with Gasteiger partial charge in [0.1, 0.15) is 0 Å². The molecule has 0 aliphatic heterocycles. The van der Waals surface area contributed by atoms with Crippen molar-refractivity contribution in [3.63, 3.8) is 0 Å². The van der Waals surface area contributed by atoms with Crippen LogP contribution in [0.25, 0.3) is 0 Å². The molecule has 136 heavy (non-hydrogen) atoms. The molecule has 32 heteroatoms. The molecule has 0 spiro atoms. The lowest BCUT2D eigenvalue weighted by atomic mass is 9.77. The number of nitro benzene ring substituents is 4. The number of hydrogen-bond acceptors (Lipinski definition) is 28. The van der Waals surface area contributed by atoms with Gasteiger partial charge in [-0.05, 0) is 144 Å². The lowest BCUT2D eigenvalue weighted by Crippen LogP contribution is -2.23. The average Bonchev–Trinajstić information content (AvgIpc) is 0.726. The first-order valence-electron chi connectivity index (χ1n) is 41.4. The van der Waals surface area contributed by atoms with E-state index in [1.165, 1.54) is 267 Å². The number of non-ortho nitro benzene ring substituents is 4. The molecule has 0 unspecified atom stereocenters. The summed E-state index contributed by atoms with van der Waals surface area (Å²) in [5.74, 6) is -24.0. The molecule has 0 amide bonds. The first-order valence-corrected chi connectivity index (χ1v) is 41.4. The van der Waals surface area contributed by atoms with Crippen molar-refractivity contribution in [3.05, 3.63) is 516 Å². The van der Waals surface area contributed by atoms with Crippen LogP contribution in [-0.4, -0.2) is 87.4 Å². The second kappa shape index (κ2) is 39.3. The van der Waals surface area contributed by atoms with Crippen molar-refractivity contribution in [2.75, 3.05) is 0 Å². The van der Waals surface area contributed by atoms with Gasteiger partial charge in [0.05, 0.1) is 64.2 Å². The third-order valence-corrected chi connectivity index (χ3v) is 21.9. The number of hydrogen-bond donors (Lipinski definition) is 0. The molecule has 4 aromatic heterocycles. The van der Waals surface area contributed by atoms with Crippen molar-refractivity contribution < 1.29 is 95.9 Å². The van der Waals surface area contributed by atoms with Gasteiger partial charge in [-0.1, -0.05) is 194 Å². The van der Waals surface area contributed by atoms with E-state index in [-0.39, 0.29) is 66.8 Å². The number of pyridine rings is 4. The Morgan fingerprint density at radius 1 is 0.184 bits per heavy atom. The van der Waals surface area contributed by atoms with Crippen molar-refractivity contribution in [3.8, 4) is 47.0 Å². The smallest absolute Gasteiger partial charge is 0.344 e. The summed E-state index contributed by atoms with van der Waals surface area (Å²) in [5, 5.41) is 52.6. The Bertz CT molecular complexity index is 6180. The highest BCUT2D eigenvalue weighted by atomic mass is 16.6. The van der Waals surface area contributed by atoms with Crippen LogP contribution in [0.1, 0.15) is 173 Å². The SMILES string of the molecule is O=C(Oc1nc(OC(=O)c2ccccc2)c2cc1C(c1ccc([N+](=O)[O-])cc1)c1cc(c(OC(=O)c3ccccc3)nc1OC(=O)c1ccccc1)C(c1ccc([N+](=O)[O-])cc1)c1cc(c(OC(=O)c3ccccc3)nc1OC(=O)c1ccccc1)C(c1ccc([N+](=O)[O-])cc1)c1cc(c(OC(=O)c3ccccc3)nc1OC(=O)c1ccccc1)C2c1ccc([N+](=O)[O-])cc1)c1ccccc1. The zero-order valence-corrected chi connectivity index (χ0v) is 70.3. The summed E-state index contributed by atoms with van der Waals surface area (Å²) in [4.78, 5) is 195. The Morgan fingerprint density at radius 2 is 0.301 bits per heavy atom. The van der Waals surface area contributed by atoms with Crippen LogP contribution < -0.4 is 37.9 Å². The molecule has 0 fully saturated rings. The van der Waals surface area contributed by atoms with E-state index in [4.69, 9.17) is 57.8 Å². The van der Waals surface area contributed by atoms with Gasteiger partial charge >= 0.3 is 47.8 Å². The van der Waals surface area contributed by atoms with Gasteiger partial charge in [0.25, 0.3) is 22.7 Å². The first-order chi connectivity index (χ1) is 66.0. The molecule has 8 bridgehead atoms. The number of esters is 8. The van der Waals surface area contributed by atoms with Crippen LogP contribution in [0.15, 0.2) is 364 Å². The topological polar surface area (TPSA) is 435 Å². The Hall–Kier alpha value is -19.4. The molecule has 16 aromatic rings. The molecule has 0 N–H and O–H groups in total. The van der Waals surface area contributed by atoms with Gasteiger partial charge in [0, 0.05) is 117 Å². The predicted octanol–water partition coefficient (Wildman–Crippen LogP) is 19.7. The largest absolute Gasteiger partial charge is 0.403 e. The molecule has 17 rings (SSSR count). The van der Waals surface area contributed by atoms with Crippen molar-refractivity contribution in [2.45, 2.75) is 23.7 Å². The van der Waals surface area contributed by atoms with Crippen LogP contribution in [0, 0.1) is 40.5 Å². The van der Waals surface area contributed by atoms with Crippen LogP contribution in [0.5, 0.6) is 47.0 Å². The molecule has 0 saturated carbocycles. The second-order valence-corrected chi connectivity index (χ2v) is 30.3. The summed E-state index contributed by atoms with van der Waals surface area (Å²) in [5.41, 5.74) is -7.30. The van der Waals surface area contributed by atoms with E-state index < -0.39 is 205 Å². The van der Waals surface area contributed by atoms with Crippen LogP contribution in [0.3, 0.4) is 0 Å². The fourth-order valence-electron chi connectivity index (χ4n) is 15.4. The highest BCUT2D eigenvalue weighted by Gasteiger charge is 2.43. The Labute approximate surface area is 768 Å². The number of fused-ring (bicyclic) bond motifs is 8. The first kappa shape index (κ1) is 88.6. The molecule has 4 heterocycles. The summed E-state index contributed by atoms with van der Waals surface area (Å²) >= 11 is 0. The molecule has 0 saturated heterocycles. The Kier molecular flexibility index (Phi) is 25.6. The Balaban J connectivity index is 1.14. The van der Waals surface area contributed by atoms with Crippen molar-refractivity contribution in [1.82, 2.24) is 19.9 Å². The number of ether oxygens (including phenoxy) is 8. The van der Waals surface area contributed by atoms with Gasteiger partial charge in [0.15, 0.2) is 0 Å². The summed E-state index contributed by atoms with van der Waals surface area (Å²) in [6.45, 7) is 0. The standard InChI is InChI=1S/C104H64N8O24/c113-97(65-25-9-1-10-26-65)129-89-77-57-78(90(105-89)130-98(114)66-27-11-2-12-28-66)86(62-43-51-74(52-44-62)110(123)124)81-59-82(94(134-102(118)70-35-19-6-20-36-70)107-93(81)133-101(117)69-33-17-5-18-34-69)88(64-47-55-76(56-48-64)112(127)128)84-60-83(95(135-103(119)71-37-21-7-22-38-71)108-96(84)136-104(120)72-39-23-8-24-40-72)87(63-45-53-75(54-46-63)111(125)126)80-58-79(85(77)61-41-49-73(50-42-61)109(121)122)91(131-99(115)67-29-13-3-14-30-67)106-92(80)132-100(116)68-31-15-4-16-32-68/h1-60,85-88H. The van der Waals surface area contributed by atoms with Crippen molar-refractivity contribution in [2.24, 2.45) is 0 Å². The number of nitrogens with zero attached hydrogens (tertiary/aromatic N) is 8. The van der Waals surface area contributed by atoms with Crippen LogP contribution in [-0.2, 0) is 0 Å². The number of benzene rings is 12. The van der Waals surface area contributed by atoms with Crippen molar-refractivity contribution >= 4 is 70.5 Å². The van der Waals surface area contributed by atoms with Gasteiger partial charge in [-0.2, -0.15) is 19.9 Å². The minimum atomic E-state index is -1.99. The molecule has 12 aromatic carbocycles. The zero-order valence-electron chi connectivity index (χ0n) is 70.3. The van der Waals surface area contributed by atoms with E-state index >= 15 is 38.4 Å². The third-order valence-electron chi connectivity index (χ3n) is 21.9. The fraction of sp³-hybridized carbons (Fsp3) is 0.0385.